The van der Waals surface area contributed by atoms with Crippen LogP contribution in [0.25, 0.3) is 5.70 Å². The number of benzene rings is 1. The molecule has 1 heterocycles. The quantitative estimate of drug-likeness (QED) is 0.627. The number of anilines is 1. The molecule has 104 valence electrons. The van der Waals surface area contributed by atoms with Crippen LogP contribution in [0.1, 0.15) is 5.56 Å². The van der Waals surface area contributed by atoms with Gasteiger partial charge in [0.2, 0.25) is 0 Å². The molecule has 1 fully saturated rings. The fraction of sp³-hybridized carbons (Fsp3) is 0.385. The van der Waals surface area contributed by atoms with Crippen LogP contribution in [0.3, 0.4) is 0 Å². The second-order valence-electron chi connectivity index (χ2n) is 4.40. The van der Waals surface area contributed by atoms with Crippen molar-refractivity contribution in [3.63, 3.8) is 0 Å². The molecule has 0 unspecified atom stereocenters. The Bertz CT molecular complexity index is 460. The molecule has 0 atom stereocenters. The van der Waals surface area contributed by atoms with Crippen molar-refractivity contribution in [1.82, 2.24) is 10.4 Å². The third kappa shape index (κ3) is 3.04. The van der Waals surface area contributed by atoms with E-state index in [2.05, 4.69) is 12.1 Å². The van der Waals surface area contributed by atoms with Gasteiger partial charge in [-0.05, 0) is 18.2 Å². The molecule has 5 nitrogen and oxygen atoms in total. The van der Waals surface area contributed by atoms with Crippen molar-refractivity contribution in [3.8, 4) is 0 Å². The highest BCUT2D eigenvalue weighted by Gasteiger charge is 2.16. The molecule has 2 rings (SSSR count). The van der Waals surface area contributed by atoms with Gasteiger partial charge in [0, 0.05) is 31.4 Å². The Balaban J connectivity index is 2.18. The largest absolute Gasteiger partial charge is 0.378 e. The Kier molecular flexibility index (Phi) is 4.36. The molecule has 0 spiro atoms. The molecule has 0 aromatic heterocycles. The van der Waals surface area contributed by atoms with Crippen LogP contribution < -0.4 is 16.4 Å². The molecule has 0 saturated carbocycles. The van der Waals surface area contributed by atoms with E-state index in [1.807, 2.05) is 4.90 Å². The number of nitrogens with zero attached hydrogens (tertiary/aromatic N) is 2. The third-order valence-corrected chi connectivity index (χ3v) is 3.24. The van der Waals surface area contributed by atoms with Gasteiger partial charge in [0.05, 0.1) is 18.9 Å². The Morgan fingerprint density at radius 3 is 2.74 bits per heavy atom. The van der Waals surface area contributed by atoms with Gasteiger partial charge in [-0.3, -0.25) is 10.9 Å². The van der Waals surface area contributed by atoms with Gasteiger partial charge in [-0.2, -0.15) is 5.53 Å². The van der Waals surface area contributed by atoms with Crippen molar-refractivity contribution in [3.05, 3.63) is 36.2 Å². The van der Waals surface area contributed by atoms with Crippen LogP contribution in [0.2, 0.25) is 0 Å². The van der Waals surface area contributed by atoms with Gasteiger partial charge in [-0.25, -0.2) is 4.39 Å². The summed E-state index contributed by atoms with van der Waals surface area (Å²) >= 11 is 0. The molecule has 3 N–H and O–H groups in total. The van der Waals surface area contributed by atoms with Crippen LogP contribution in [0, 0.1) is 5.82 Å². The van der Waals surface area contributed by atoms with Crippen LogP contribution in [-0.4, -0.2) is 38.3 Å². The average molecular weight is 266 g/mol. The van der Waals surface area contributed by atoms with E-state index >= 15 is 0 Å². The Morgan fingerprint density at radius 2 is 2.16 bits per heavy atom. The summed E-state index contributed by atoms with van der Waals surface area (Å²) in [6.45, 7) is 6.76. The Labute approximate surface area is 112 Å². The lowest BCUT2D eigenvalue weighted by atomic mass is 10.1. The van der Waals surface area contributed by atoms with E-state index < -0.39 is 0 Å². The lowest BCUT2D eigenvalue weighted by Crippen LogP contribution is -2.39. The molecule has 0 bridgehead atoms. The first kappa shape index (κ1) is 13.8. The van der Waals surface area contributed by atoms with Gasteiger partial charge >= 0.3 is 0 Å². The zero-order valence-electron chi connectivity index (χ0n) is 11.0. The summed E-state index contributed by atoms with van der Waals surface area (Å²) < 4.78 is 19.4. The van der Waals surface area contributed by atoms with Crippen molar-refractivity contribution >= 4 is 11.4 Å². The minimum Gasteiger partial charge on any atom is -0.378 e. The van der Waals surface area contributed by atoms with E-state index in [-0.39, 0.29) is 5.82 Å². The van der Waals surface area contributed by atoms with Crippen molar-refractivity contribution in [2.75, 3.05) is 38.4 Å². The highest BCUT2D eigenvalue weighted by atomic mass is 19.1. The number of nitrogens with one attached hydrogen (secondary N) is 1. The minimum absolute atomic E-state index is 0.309. The van der Waals surface area contributed by atoms with Crippen LogP contribution in [-0.2, 0) is 4.74 Å². The number of halogens is 1. The third-order valence-electron chi connectivity index (χ3n) is 3.24. The van der Waals surface area contributed by atoms with Crippen LogP contribution in [0.4, 0.5) is 10.1 Å². The lowest BCUT2D eigenvalue weighted by Gasteiger charge is -2.31. The average Bonchev–Trinajstić information content (AvgIpc) is 2.46. The second kappa shape index (κ2) is 6.01. The van der Waals surface area contributed by atoms with Crippen molar-refractivity contribution in [2.45, 2.75) is 0 Å². The topological polar surface area (TPSA) is 53.8 Å². The normalized spacial score (nSPS) is 15.4. The molecule has 1 aliphatic heterocycles. The van der Waals surface area contributed by atoms with Crippen LogP contribution in [0.15, 0.2) is 24.8 Å². The summed E-state index contributed by atoms with van der Waals surface area (Å²) in [5.41, 5.74) is 4.29. The van der Waals surface area contributed by atoms with Gasteiger partial charge in [0.1, 0.15) is 5.82 Å². The zero-order chi connectivity index (χ0) is 13.8. The standard InChI is InChI=1S/C13H19FN4O/c1-10(18-5-7-19-8-6-18)12-4-3-11(9-13(12)14)17(2)16-15/h3-4,9,16H,1,5-8,15H2,2H3. The van der Waals surface area contributed by atoms with E-state index in [1.54, 1.807) is 19.2 Å². The summed E-state index contributed by atoms with van der Waals surface area (Å²) in [5, 5.41) is 1.53. The maximum Gasteiger partial charge on any atom is 0.134 e. The van der Waals surface area contributed by atoms with Gasteiger partial charge in [0.15, 0.2) is 0 Å². The number of hydrogen-bond acceptors (Lipinski definition) is 5. The monoisotopic (exact) mass is 266 g/mol. The maximum atomic E-state index is 14.1. The molecule has 19 heavy (non-hydrogen) atoms. The summed E-state index contributed by atoms with van der Waals surface area (Å²) in [6, 6.07) is 4.95. The summed E-state index contributed by atoms with van der Waals surface area (Å²) in [5.74, 6) is 4.97. The predicted octanol–water partition coefficient (Wildman–Crippen LogP) is 0.943. The molecule has 0 amide bonds. The minimum atomic E-state index is -0.309. The van der Waals surface area contributed by atoms with E-state index in [9.17, 15) is 4.39 Å². The van der Waals surface area contributed by atoms with Crippen molar-refractivity contribution in [1.29, 1.82) is 0 Å². The maximum absolute atomic E-state index is 14.1. The molecular weight excluding hydrogens is 247 g/mol. The van der Waals surface area contributed by atoms with Crippen molar-refractivity contribution in [2.24, 2.45) is 5.84 Å². The van der Waals surface area contributed by atoms with Crippen molar-refractivity contribution < 1.29 is 9.13 Å². The van der Waals surface area contributed by atoms with E-state index in [1.165, 1.54) is 11.1 Å². The fourth-order valence-electron chi connectivity index (χ4n) is 2.02. The second-order valence-corrected chi connectivity index (χ2v) is 4.40. The summed E-state index contributed by atoms with van der Waals surface area (Å²) in [4.78, 5) is 2.03. The van der Waals surface area contributed by atoms with Gasteiger partial charge in [-0.15, -0.1) is 0 Å². The van der Waals surface area contributed by atoms with Crippen LogP contribution >= 0.6 is 0 Å². The van der Waals surface area contributed by atoms with Crippen LogP contribution in [0.5, 0.6) is 0 Å². The molecule has 1 aromatic rings. The number of nitrogens with two attached hydrogens (primary N) is 1. The lowest BCUT2D eigenvalue weighted by molar-refractivity contribution is 0.0639. The molecule has 1 aliphatic rings. The first-order valence-corrected chi connectivity index (χ1v) is 6.15. The van der Waals surface area contributed by atoms with E-state index in [4.69, 9.17) is 10.6 Å². The number of hydrogen-bond donors (Lipinski definition) is 2. The predicted molar refractivity (Wildman–Crippen MR) is 73.6 cm³/mol. The summed E-state index contributed by atoms with van der Waals surface area (Å²) in [7, 11) is 1.71. The molecule has 1 saturated heterocycles. The molecule has 1 aromatic carbocycles. The number of hydrazine groups is 2. The highest BCUT2D eigenvalue weighted by molar-refractivity contribution is 5.65. The molecular formula is C13H19FN4O. The fourth-order valence-corrected chi connectivity index (χ4v) is 2.02. The molecule has 0 radical (unpaired) electrons. The van der Waals surface area contributed by atoms with E-state index in [0.29, 0.717) is 30.2 Å². The van der Waals surface area contributed by atoms with E-state index in [0.717, 1.165) is 13.1 Å². The Hall–Kier alpha value is -1.63. The highest BCUT2D eigenvalue weighted by Crippen LogP contribution is 2.24. The SMILES string of the molecule is C=C(c1ccc(N(C)NN)cc1F)N1CCOCC1. The number of rotatable bonds is 4. The molecule has 6 heteroatoms. The number of morpholine rings is 1. The van der Waals surface area contributed by atoms with Gasteiger partial charge < -0.3 is 9.64 Å². The smallest absolute Gasteiger partial charge is 0.134 e. The molecule has 0 aliphatic carbocycles. The van der Waals surface area contributed by atoms with Gasteiger partial charge in [-0.1, -0.05) is 6.58 Å². The first-order valence-electron chi connectivity index (χ1n) is 6.15. The summed E-state index contributed by atoms with van der Waals surface area (Å²) in [6.07, 6.45) is 0. The van der Waals surface area contributed by atoms with Gasteiger partial charge in [0.25, 0.3) is 0 Å². The Morgan fingerprint density at radius 1 is 1.47 bits per heavy atom. The zero-order valence-corrected chi connectivity index (χ0v) is 11.0. The first-order chi connectivity index (χ1) is 9.13. The number of ether oxygens (including phenoxy) is 1.